The molecule has 3 heterocycles. The molecule has 0 aromatic carbocycles. The summed E-state index contributed by atoms with van der Waals surface area (Å²) in [4.78, 5) is 3.99. The number of halogens is 2. The van der Waals surface area contributed by atoms with Gasteiger partial charge in [0, 0.05) is 0 Å². The number of aromatic nitrogens is 3. The molecule has 19 heavy (non-hydrogen) atoms. The molecule has 0 radical (unpaired) electrons. The first-order chi connectivity index (χ1) is 9.74. The second-order valence-corrected chi connectivity index (χ2v) is 5.59. The van der Waals surface area contributed by atoms with E-state index in [4.69, 9.17) is 7.48 Å². The monoisotopic (exact) mass is 327 g/mol. The molecule has 0 amide bonds. The smallest absolute Gasteiger partial charge is 0.141 e. The van der Waals surface area contributed by atoms with Gasteiger partial charge in [0.1, 0.15) is 11.5 Å². The van der Waals surface area contributed by atoms with Crippen LogP contribution in [-0.2, 0) is 17.8 Å². The fourth-order valence-corrected chi connectivity index (χ4v) is 2.43. The Kier molecular flexibility index (Phi) is 2.42. The molecule has 0 atom stereocenters. The molecule has 1 aliphatic rings. The van der Waals surface area contributed by atoms with E-state index in [1.165, 1.54) is 16.8 Å². The molecule has 100 valence electrons. The maximum absolute atomic E-state index is 13.0. The summed E-state index contributed by atoms with van der Waals surface area (Å²) >= 11 is 3.42. The highest BCUT2D eigenvalue weighted by Crippen LogP contribution is 2.34. The Hall–Kier alpha value is -1.27. The predicted molar refractivity (Wildman–Crippen MR) is 72.0 cm³/mol. The molecule has 0 N–H and O–H groups in total. The first-order valence-corrected chi connectivity index (χ1v) is 6.57. The molecule has 2 aromatic heterocycles. The Morgan fingerprint density at radius 2 is 2.32 bits per heavy atom. The van der Waals surface area contributed by atoms with Crippen LogP contribution in [0, 0.1) is 5.82 Å². The lowest BCUT2D eigenvalue weighted by molar-refractivity contribution is -0.0663. The van der Waals surface area contributed by atoms with Crippen molar-refractivity contribution >= 4 is 15.9 Å². The molecule has 0 bridgehead atoms. The van der Waals surface area contributed by atoms with Crippen LogP contribution in [0.3, 0.4) is 0 Å². The third-order valence-corrected chi connectivity index (χ3v) is 3.67. The van der Waals surface area contributed by atoms with E-state index in [2.05, 4.69) is 26.0 Å². The van der Waals surface area contributed by atoms with Crippen molar-refractivity contribution in [2.45, 2.75) is 32.6 Å². The average Bonchev–Trinajstić information content (AvgIpc) is 2.74. The van der Waals surface area contributed by atoms with Crippen molar-refractivity contribution in [1.29, 1.82) is 0 Å². The Bertz CT molecular complexity index is 700. The molecule has 0 spiro atoms. The van der Waals surface area contributed by atoms with Crippen LogP contribution < -0.4 is 0 Å². The summed E-state index contributed by atoms with van der Waals surface area (Å²) in [5.74, 6) is -0.432. The third kappa shape index (κ3) is 2.30. The molecular formula is C13H13BrFN3O. The minimum absolute atomic E-state index is 0.237. The van der Waals surface area contributed by atoms with Crippen LogP contribution in [0.15, 0.2) is 22.8 Å². The van der Waals surface area contributed by atoms with Crippen LogP contribution in [0.5, 0.6) is 0 Å². The second kappa shape index (κ2) is 4.38. The van der Waals surface area contributed by atoms with E-state index in [-0.39, 0.29) is 6.61 Å². The fourth-order valence-electron chi connectivity index (χ4n) is 1.87. The summed E-state index contributed by atoms with van der Waals surface area (Å²) in [5.41, 5.74) is 0.535. The highest BCUT2D eigenvalue weighted by molar-refractivity contribution is 9.10. The van der Waals surface area contributed by atoms with Crippen LogP contribution in [0.2, 0.25) is 0 Å². The molecular weight excluding hydrogens is 313 g/mol. The van der Waals surface area contributed by atoms with Gasteiger partial charge in [0.05, 0.1) is 43.5 Å². The van der Waals surface area contributed by atoms with Gasteiger partial charge in [-0.1, -0.05) is 0 Å². The van der Waals surface area contributed by atoms with Crippen LogP contribution in [-0.4, -0.2) is 20.4 Å². The maximum Gasteiger partial charge on any atom is 0.141 e. The van der Waals surface area contributed by atoms with E-state index in [9.17, 15) is 4.39 Å². The summed E-state index contributed by atoms with van der Waals surface area (Å²) in [6.07, 6.45) is 1.11. The molecule has 0 saturated heterocycles. The molecule has 0 aliphatic carbocycles. The highest BCUT2D eigenvalue weighted by atomic mass is 79.9. The highest BCUT2D eigenvalue weighted by Gasteiger charge is 2.30. The van der Waals surface area contributed by atoms with E-state index >= 15 is 0 Å². The SMILES string of the molecule is [2H]C1([2H])n2nc(-c3ccc(F)cn3)c(Br)c2COC1(C)C. The van der Waals surface area contributed by atoms with Gasteiger partial charge in [-0.3, -0.25) is 9.67 Å². The molecule has 4 nitrogen and oxygen atoms in total. The van der Waals surface area contributed by atoms with Gasteiger partial charge in [0.2, 0.25) is 0 Å². The fraction of sp³-hybridized carbons (Fsp3) is 0.385. The lowest BCUT2D eigenvalue weighted by Crippen LogP contribution is -2.36. The van der Waals surface area contributed by atoms with Crippen molar-refractivity contribution in [2.75, 3.05) is 0 Å². The lowest BCUT2D eigenvalue weighted by Gasteiger charge is -2.30. The molecule has 3 rings (SSSR count). The number of rotatable bonds is 1. The molecule has 1 aliphatic heterocycles. The van der Waals surface area contributed by atoms with E-state index in [1.807, 2.05) is 0 Å². The largest absolute Gasteiger partial charge is 0.367 e. The summed E-state index contributed by atoms with van der Waals surface area (Å²) < 4.78 is 37.0. The lowest BCUT2D eigenvalue weighted by atomic mass is 10.1. The first kappa shape index (κ1) is 10.5. The molecule has 0 unspecified atom stereocenters. The molecule has 6 heteroatoms. The standard InChI is InChI=1S/C13H13BrFN3O/c1-13(2)7-18-10(6-19-13)11(14)12(17-18)9-4-3-8(15)5-16-9/h3-5H,6-7H2,1-2H3/i7D2. The Labute approximate surface area is 121 Å². The minimum Gasteiger partial charge on any atom is -0.367 e. The molecule has 0 fully saturated rings. The topological polar surface area (TPSA) is 39.9 Å². The molecule has 2 aromatic rings. The van der Waals surface area contributed by atoms with Gasteiger partial charge >= 0.3 is 0 Å². The normalized spacial score (nSPS) is 21.5. The van der Waals surface area contributed by atoms with Gasteiger partial charge in [-0.2, -0.15) is 5.10 Å². The zero-order valence-electron chi connectivity index (χ0n) is 12.4. The van der Waals surface area contributed by atoms with Gasteiger partial charge in [-0.05, 0) is 41.9 Å². The van der Waals surface area contributed by atoms with Crippen LogP contribution in [0.4, 0.5) is 4.39 Å². The van der Waals surface area contributed by atoms with Gasteiger partial charge in [0.25, 0.3) is 0 Å². The van der Waals surface area contributed by atoms with Gasteiger partial charge in [-0.15, -0.1) is 0 Å². The maximum atomic E-state index is 13.0. The number of fused-ring (bicyclic) bond motifs is 1. The minimum atomic E-state index is -1.80. The Morgan fingerprint density at radius 1 is 1.53 bits per heavy atom. The van der Waals surface area contributed by atoms with Crippen molar-refractivity contribution in [2.24, 2.45) is 0 Å². The third-order valence-electron chi connectivity index (χ3n) is 2.83. The predicted octanol–water partition coefficient (Wildman–Crippen LogP) is 3.16. The summed E-state index contributed by atoms with van der Waals surface area (Å²) in [5, 5.41) is 4.33. The number of ether oxygens (including phenoxy) is 1. The van der Waals surface area contributed by atoms with Crippen molar-refractivity contribution < 1.29 is 11.9 Å². The summed E-state index contributed by atoms with van der Waals surface area (Å²) in [6, 6.07) is 2.80. The van der Waals surface area contributed by atoms with Crippen molar-refractivity contribution in [3.8, 4) is 11.4 Å². The number of hydrogen-bond acceptors (Lipinski definition) is 3. The van der Waals surface area contributed by atoms with E-state index in [0.29, 0.717) is 21.6 Å². The van der Waals surface area contributed by atoms with Crippen LogP contribution in [0.1, 0.15) is 22.3 Å². The second-order valence-electron chi connectivity index (χ2n) is 4.79. The zero-order chi connectivity index (χ0) is 15.4. The quantitative estimate of drug-likeness (QED) is 0.807. The molecule has 0 saturated carbocycles. The van der Waals surface area contributed by atoms with E-state index < -0.39 is 17.9 Å². The Morgan fingerprint density at radius 3 is 3.00 bits per heavy atom. The van der Waals surface area contributed by atoms with Crippen LogP contribution >= 0.6 is 15.9 Å². The van der Waals surface area contributed by atoms with Gasteiger partial charge < -0.3 is 4.74 Å². The van der Waals surface area contributed by atoms with E-state index in [1.54, 1.807) is 13.8 Å². The first-order valence-electron chi connectivity index (χ1n) is 6.78. The number of pyridine rings is 1. The van der Waals surface area contributed by atoms with Crippen molar-refractivity contribution in [3.05, 3.63) is 34.3 Å². The van der Waals surface area contributed by atoms with Crippen molar-refractivity contribution in [1.82, 2.24) is 14.8 Å². The summed E-state index contributed by atoms with van der Waals surface area (Å²) in [6.45, 7) is 1.80. The number of nitrogens with zero attached hydrogens (tertiary/aromatic N) is 3. The van der Waals surface area contributed by atoms with Gasteiger partial charge in [0.15, 0.2) is 0 Å². The Balaban J connectivity index is 2.16. The van der Waals surface area contributed by atoms with Gasteiger partial charge in [-0.25, -0.2) is 4.39 Å². The average molecular weight is 328 g/mol. The van der Waals surface area contributed by atoms with Crippen molar-refractivity contribution in [3.63, 3.8) is 0 Å². The zero-order valence-corrected chi connectivity index (χ0v) is 12.0. The van der Waals surface area contributed by atoms with Crippen LogP contribution in [0.25, 0.3) is 11.4 Å². The van der Waals surface area contributed by atoms with E-state index in [0.717, 1.165) is 6.20 Å². The summed E-state index contributed by atoms with van der Waals surface area (Å²) in [7, 11) is 0. The number of hydrogen-bond donors (Lipinski definition) is 0.